The minimum Gasteiger partial charge on any atom is -0.478 e. The second-order valence-corrected chi connectivity index (χ2v) is 3.24. The molecule has 2 rings (SSSR count). The molecule has 17 heavy (non-hydrogen) atoms. The molecule has 0 aliphatic heterocycles. The Morgan fingerprint density at radius 1 is 0.882 bits per heavy atom. The number of aromatic carboxylic acids is 1. The van der Waals surface area contributed by atoms with Gasteiger partial charge in [-0.05, 0) is 36.4 Å². The number of rotatable bonds is 3. The van der Waals surface area contributed by atoms with Crippen LogP contribution < -0.4 is 10.9 Å². The van der Waals surface area contributed by atoms with E-state index in [9.17, 15) is 4.79 Å². The zero-order valence-corrected chi connectivity index (χ0v) is 9.17. The normalized spacial score (nSPS) is 9.18. The lowest BCUT2D eigenvalue weighted by Gasteiger charge is -2.05. The molecule has 0 spiro atoms. The third-order valence-electron chi connectivity index (χ3n) is 2.08. The number of ether oxygens (including phenoxy) is 1. The van der Waals surface area contributed by atoms with Crippen LogP contribution in [0.3, 0.4) is 0 Å². The fourth-order valence-electron chi connectivity index (χ4n) is 1.29. The van der Waals surface area contributed by atoms with E-state index < -0.39 is 5.97 Å². The van der Waals surface area contributed by atoms with Crippen molar-refractivity contribution >= 4 is 5.97 Å². The largest absolute Gasteiger partial charge is 0.478 e. The summed E-state index contributed by atoms with van der Waals surface area (Å²) in [5, 5.41) is 8.72. The molecule has 2 aromatic carbocycles. The zero-order valence-electron chi connectivity index (χ0n) is 9.17. The van der Waals surface area contributed by atoms with Gasteiger partial charge in [0.25, 0.3) is 0 Å². The molecule has 0 aliphatic rings. The van der Waals surface area contributed by atoms with Crippen molar-refractivity contribution in [1.82, 2.24) is 6.15 Å². The van der Waals surface area contributed by atoms with E-state index in [1.807, 2.05) is 30.3 Å². The molecular formula is C13H13NO3. The maximum atomic E-state index is 10.6. The molecule has 0 saturated heterocycles. The predicted molar refractivity (Wildman–Crippen MR) is 64.9 cm³/mol. The molecule has 4 heteroatoms. The van der Waals surface area contributed by atoms with Crippen molar-refractivity contribution in [3.8, 4) is 11.5 Å². The quantitative estimate of drug-likeness (QED) is 0.848. The van der Waals surface area contributed by atoms with E-state index in [4.69, 9.17) is 9.84 Å². The fraction of sp³-hybridized carbons (Fsp3) is 0. The van der Waals surface area contributed by atoms with E-state index in [2.05, 4.69) is 0 Å². The van der Waals surface area contributed by atoms with E-state index in [0.717, 1.165) is 5.75 Å². The third kappa shape index (κ3) is 3.32. The van der Waals surface area contributed by atoms with Gasteiger partial charge >= 0.3 is 5.97 Å². The first kappa shape index (κ1) is 12.7. The Balaban J connectivity index is 0.00000144. The Hall–Kier alpha value is -2.33. The minimum atomic E-state index is -0.939. The molecule has 0 fully saturated rings. The van der Waals surface area contributed by atoms with Crippen LogP contribution in [0, 0.1) is 0 Å². The molecule has 0 bridgehead atoms. The Kier molecular flexibility index (Phi) is 4.25. The highest BCUT2D eigenvalue weighted by atomic mass is 16.5. The van der Waals surface area contributed by atoms with Crippen molar-refractivity contribution < 1.29 is 14.6 Å². The summed E-state index contributed by atoms with van der Waals surface area (Å²) in [6.45, 7) is 0. The van der Waals surface area contributed by atoms with Crippen LogP contribution in [0.25, 0.3) is 0 Å². The molecule has 4 N–H and O–H groups in total. The standard InChI is InChI=1S/C13H10O3.H3N/c14-13(15)10-6-8-12(9-7-10)16-11-4-2-1-3-5-11;/h1-9H,(H,14,15);1H3. The van der Waals surface area contributed by atoms with Gasteiger partial charge in [-0.15, -0.1) is 0 Å². The van der Waals surface area contributed by atoms with Crippen molar-refractivity contribution in [2.24, 2.45) is 0 Å². The summed E-state index contributed by atoms with van der Waals surface area (Å²) >= 11 is 0. The van der Waals surface area contributed by atoms with Gasteiger partial charge in [-0.2, -0.15) is 0 Å². The maximum absolute atomic E-state index is 10.6. The molecule has 88 valence electrons. The van der Waals surface area contributed by atoms with Crippen molar-refractivity contribution in [3.63, 3.8) is 0 Å². The minimum absolute atomic E-state index is 0. The predicted octanol–water partition coefficient (Wildman–Crippen LogP) is 3.34. The van der Waals surface area contributed by atoms with Crippen LogP contribution in [0.2, 0.25) is 0 Å². The van der Waals surface area contributed by atoms with Crippen LogP contribution in [0.5, 0.6) is 11.5 Å². The third-order valence-corrected chi connectivity index (χ3v) is 2.08. The van der Waals surface area contributed by atoms with E-state index in [-0.39, 0.29) is 11.7 Å². The second kappa shape index (κ2) is 5.67. The van der Waals surface area contributed by atoms with E-state index >= 15 is 0 Å². The average Bonchev–Trinajstić information content (AvgIpc) is 2.31. The van der Waals surface area contributed by atoms with E-state index in [1.54, 1.807) is 12.1 Å². The van der Waals surface area contributed by atoms with Crippen LogP contribution in [0.1, 0.15) is 10.4 Å². The smallest absolute Gasteiger partial charge is 0.335 e. The van der Waals surface area contributed by atoms with Gasteiger partial charge < -0.3 is 16.0 Å². The number of carboxylic acids is 1. The zero-order chi connectivity index (χ0) is 11.4. The first-order chi connectivity index (χ1) is 7.75. The highest BCUT2D eigenvalue weighted by Gasteiger charge is 2.02. The molecule has 0 saturated carbocycles. The van der Waals surface area contributed by atoms with Gasteiger partial charge in [-0.25, -0.2) is 4.79 Å². The molecule has 0 atom stereocenters. The van der Waals surface area contributed by atoms with Gasteiger partial charge in [0.15, 0.2) is 0 Å². The van der Waals surface area contributed by atoms with Crippen molar-refractivity contribution in [3.05, 3.63) is 60.2 Å². The molecule has 4 nitrogen and oxygen atoms in total. The van der Waals surface area contributed by atoms with Crippen LogP contribution in [0.4, 0.5) is 0 Å². The molecule has 0 unspecified atom stereocenters. The number of carboxylic acid groups (broad SMARTS) is 1. The number of hydrogen-bond acceptors (Lipinski definition) is 3. The monoisotopic (exact) mass is 231 g/mol. The topological polar surface area (TPSA) is 81.5 Å². The Labute approximate surface area is 99.1 Å². The Bertz CT molecular complexity index is 480. The highest BCUT2D eigenvalue weighted by Crippen LogP contribution is 2.20. The average molecular weight is 231 g/mol. The first-order valence-corrected chi connectivity index (χ1v) is 4.82. The molecular weight excluding hydrogens is 218 g/mol. The summed E-state index contributed by atoms with van der Waals surface area (Å²) in [7, 11) is 0. The van der Waals surface area contributed by atoms with Gasteiger partial charge in [0, 0.05) is 0 Å². The Morgan fingerprint density at radius 3 is 1.94 bits per heavy atom. The summed E-state index contributed by atoms with van der Waals surface area (Å²) in [5.74, 6) is 0.410. The van der Waals surface area contributed by atoms with Crippen LogP contribution >= 0.6 is 0 Å². The molecule has 0 radical (unpaired) electrons. The summed E-state index contributed by atoms with van der Waals surface area (Å²) in [6.07, 6.45) is 0. The SMILES string of the molecule is N.O=C(O)c1ccc(Oc2ccccc2)cc1. The van der Waals surface area contributed by atoms with Gasteiger partial charge in [0.05, 0.1) is 5.56 Å². The number of carbonyl (C=O) groups is 1. The molecule has 0 heterocycles. The van der Waals surface area contributed by atoms with Crippen molar-refractivity contribution in [1.29, 1.82) is 0 Å². The fourth-order valence-corrected chi connectivity index (χ4v) is 1.29. The summed E-state index contributed by atoms with van der Waals surface area (Å²) in [6, 6.07) is 15.6. The first-order valence-electron chi connectivity index (χ1n) is 4.82. The van der Waals surface area contributed by atoms with Crippen molar-refractivity contribution in [2.75, 3.05) is 0 Å². The molecule has 0 aliphatic carbocycles. The van der Waals surface area contributed by atoms with Crippen molar-refractivity contribution in [2.45, 2.75) is 0 Å². The lowest BCUT2D eigenvalue weighted by Crippen LogP contribution is -1.95. The van der Waals surface area contributed by atoms with E-state index in [1.165, 1.54) is 12.1 Å². The summed E-state index contributed by atoms with van der Waals surface area (Å²) in [4.78, 5) is 10.6. The van der Waals surface area contributed by atoms with Crippen LogP contribution in [0.15, 0.2) is 54.6 Å². The maximum Gasteiger partial charge on any atom is 0.335 e. The summed E-state index contributed by atoms with van der Waals surface area (Å²) in [5.41, 5.74) is 0.250. The number of hydrogen-bond donors (Lipinski definition) is 2. The second-order valence-electron chi connectivity index (χ2n) is 3.24. The molecule has 2 aromatic rings. The molecule has 0 aromatic heterocycles. The van der Waals surface area contributed by atoms with Crippen LogP contribution in [-0.4, -0.2) is 11.1 Å². The summed E-state index contributed by atoms with van der Waals surface area (Å²) < 4.78 is 5.52. The van der Waals surface area contributed by atoms with E-state index in [0.29, 0.717) is 5.75 Å². The number of para-hydroxylation sites is 1. The van der Waals surface area contributed by atoms with Crippen LogP contribution in [-0.2, 0) is 0 Å². The van der Waals surface area contributed by atoms with Gasteiger partial charge in [-0.1, -0.05) is 18.2 Å². The highest BCUT2D eigenvalue weighted by molar-refractivity contribution is 5.87. The Morgan fingerprint density at radius 2 is 1.41 bits per heavy atom. The van der Waals surface area contributed by atoms with Gasteiger partial charge in [0.2, 0.25) is 0 Å². The lowest BCUT2D eigenvalue weighted by molar-refractivity contribution is 0.0697. The van der Waals surface area contributed by atoms with Gasteiger partial charge in [-0.3, -0.25) is 0 Å². The van der Waals surface area contributed by atoms with Gasteiger partial charge in [0.1, 0.15) is 11.5 Å². The number of benzene rings is 2. The lowest BCUT2D eigenvalue weighted by atomic mass is 10.2. The molecule has 0 amide bonds.